The third kappa shape index (κ3) is 8.77. The fraction of sp³-hybridized carbons (Fsp3) is 0.588. The Morgan fingerprint density at radius 2 is 1.77 bits per heavy atom. The number of ether oxygens (including phenoxy) is 2. The van der Waals surface area contributed by atoms with E-state index in [1.54, 1.807) is 20.8 Å². The molecule has 5 heteroatoms. The van der Waals surface area contributed by atoms with Crippen molar-refractivity contribution in [2.45, 2.75) is 58.0 Å². The summed E-state index contributed by atoms with van der Waals surface area (Å²) >= 11 is 0. The number of carbonyl (C=O) groups is 1. The molecule has 0 saturated heterocycles. The molecule has 1 rings (SSSR count). The number of hydrogen-bond donors (Lipinski definition) is 2. The first-order valence-electron chi connectivity index (χ1n) is 7.46. The summed E-state index contributed by atoms with van der Waals surface area (Å²) in [6.07, 6.45) is -1.81. The quantitative estimate of drug-likeness (QED) is 0.719. The Hall–Kier alpha value is -1.43. The highest BCUT2D eigenvalue weighted by atomic mass is 16.6. The fourth-order valence-corrected chi connectivity index (χ4v) is 1.93. The molecule has 0 unspecified atom stereocenters. The summed E-state index contributed by atoms with van der Waals surface area (Å²) in [5.41, 5.74) is 0.442. The molecule has 0 heterocycles. The molecule has 1 aromatic carbocycles. The van der Waals surface area contributed by atoms with Crippen LogP contribution in [0.4, 0.5) is 0 Å². The lowest BCUT2D eigenvalue weighted by Crippen LogP contribution is -2.29. The molecule has 0 radical (unpaired) electrons. The van der Waals surface area contributed by atoms with E-state index in [4.69, 9.17) is 9.47 Å². The number of carbonyl (C=O) groups excluding carboxylic acids is 1. The van der Waals surface area contributed by atoms with Crippen LogP contribution in [-0.2, 0) is 20.9 Å². The molecule has 0 aliphatic heterocycles. The van der Waals surface area contributed by atoms with Crippen LogP contribution in [-0.4, -0.2) is 40.6 Å². The SMILES string of the molecule is CC(C)(C)OC(=O)C[C@H](O)C[C@@H](O)COCc1ccccc1. The van der Waals surface area contributed by atoms with Crippen molar-refractivity contribution in [3.8, 4) is 0 Å². The van der Waals surface area contributed by atoms with E-state index in [0.29, 0.717) is 6.61 Å². The van der Waals surface area contributed by atoms with Gasteiger partial charge in [-0.1, -0.05) is 30.3 Å². The predicted octanol–water partition coefficient (Wildman–Crippen LogP) is 2.05. The first-order chi connectivity index (χ1) is 10.3. The molecule has 0 aliphatic rings. The van der Waals surface area contributed by atoms with Crippen molar-refractivity contribution in [3.05, 3.63) is 35.9 Å². The van der Waals surface area contributed by atoms with Gasteiger partial charge in [0.2, 0.25) is 0 Å². The van der Waals surface area contributed by atoms with E-state index in [2.05, 4.69) is 0 Å². The van der Waals surface area contributed by atoms with E-state index < -0.39 is 23.8 Å². The Balaban J connectivity index is 2.21. The summed E-state index contributed by atoms with van der Waals surface area (Å²) < 4.78 is 10.5. The second-order valence-corrected chi connectivity index (χ2v) is 6.33. The van der Waals surface area contributed by atoms with Gasteiger partial charge in [0.1, 0.15) is 5.60 Å². The molecule has 0 spiro atoms. The minimum Gasteiger partial charge on any atom is -0.460 e. The summed E-state index contributed by atoms with van der Waals surface area (Å²) in [6, 6.07) is 9.62. The van der Waals surface area contributed by atoms with Crippen LogP contribution in [0.15, 0.2) is 30.3 Å². The molecule has 0 amide bonds. The van der Waals surface area contributed by atoms with E-state index in [9.17, 15) is 15.0 Å². The van der Waals surface area contributed by atoms with Gasteiger partial charge in [0.05, 0.1) is 31.8 Å². The molecule has 5 nitrogen and oxygen atoms in total. The van der Waals surface area contributed by atoms with Gasteiger partial charge < -0.3 is 19.7 Å². The third-order valence-corrected chi connectivity index (χ3v) is 2.79. The number of esters is 1. The highest BCUT2D eigenvalue weighted by Gasteiger charge is 2.21. The van der Waals surface area contributed by atoms with Crippen LogP contribution < -0.4 is 0 Å². The summed E-state index contributed by atoms with van der Waals surface area (Å²) in [6.45, 7) is 5.82. The monoisotopic (exact) mass is 310 g/mol. The van der Waals surface area contributed by atoms with Crippen molar-refractivity contribution in [2.75, 3.05) is 6.61 Å². The van der Waals surface area contributed by atoms with E-state index in [-0.39, 0.29) is 19.4 Å². The van der Waals surface area contributed by atoms with Gasteiger partial charge in [-0.3, -0.25) is 4.79 Å². The van der Waals surface area contributed by atoms with Crippen LogP contribution >= 0.6 is 0 Å². The van der Waals surface area contributed by atoms with Gasteiger partial charge in [0.25, 0.3) is 0 Å². The molecule has 124 valence electrons. The topological polar surface area (TPSA) is 76.0 Å². The Morgan fingerprint density at radius 3 is 2.36 bits per heavy atom. The van der Waals surface area contributed by atoms with Gasteiger partial charge in [0, 0.05) is 6.42 Å². The maximum atomic E-state index is 11.6. The van der Waals surface area contributed by atoms with Gasteiger partial charge in [0.15, 0.2) is 0 Å². The number of aliphatic hydroxyl groups is 2. The lowest BCUT2D eigenvalue weighted by Gasteiger charge is -2.21. The molecular formula is C17H26O5. The predicted molar refractivity (Wildman–Crippen MR) is 83.2 cm³/mol. The normalized spacial score (nSPS) is 14.4. The molecular weight excluding hydrogens is 284 g/mol. The third-order valence-electron chi connectivity index (χ3n) is 2.79. The van der Waals surface area contributed by atoms with Crippen LogP contribution in [0.2, 0.25) is 0 Å². The van der Waals surface area contributed by atoms with E-state index in [1.165, 1.54) is 0 Å². The van der Waals surface area contributed by atoms with Crippen molar-refractivity contribution in [1.29, 1.82) is 0 Å². The molecule has 1 aromatic rings. The number of hydrogen-bond acceptors (Lipinski definition) is 5. The van der Waals surface area contributed by atoms with Crippen molar-refractivity contribution in [2.24, 2.45) is 0 Å². The fourth-order valence-electron chi connectivity index (χ4n) is 1.93. The smallest absolute Gasteiger partial charge is 0.308 e. The highest BCUT2D eigenvalue weighted by molar-refractivity contribution is 5.70. The zero-order valence-corrected chi connectivity index (χ0v) is 13.5. The average molecular weight is 310 g/mol. The highest BCUT2D eigenvalue weighted by Crippen LogP contribution is 2.11. The van der Waals surface area contributed by atoms with E-state index in [0.717, 1.165) is 5.56 Å². The van der Waals surface area contributed by atoms with Crippen LogP contribution in [0, 0.1) is 0 Å². The number of benzene rings is 1. The largest absolute Gasteiger partial charge is 0.460 e. The Morgan fingerprint density at radius 1 is 1.14 bits per heavy atom. The molecule has 0 bridgehead atoms. The van der Waals surface area contributed by atoms with E-state index in [1.807, 2.05) is 30.3 Å². The molecule has 0 saturated carbocycles. The van der Waals surface area contributed by atoms with Crippen LogP contribution in [0.25, 0.3) is 0 Å². The maximum absolute atomic E-state index is 11.6. The van der Waals surface area contributed by atoms with Gasteiger partial charge in [-0.05, 0) is 26.3 Å². The molecule has 2 atom stereocenters. The van der Waals surface area contributed by atoms with Gasteiger partial charge in [-0.2, -0.15) is 0 Å². The van der Waals surface area contributed by atoms with Gasteiger partial charge in [-0.25, -0.2) is 0 Å². The number of rotatable bonds is 8. The van der Waals surface area contributed by atoms with Crippen LogP contribution in [0.5, 0.6) is 0 Å². The zero-order chi connectivity index (χ0) is 16.6. The van der Waals surface area contributed by atoms with Crippen molar-refractivity contribution in [1.82, 2.24) is 0 Å². The molecule has 0 aromatic heterocycles. The van der Waals surface area contributed by atoms with Gasteiger partial charge >= 0.3 is 5.97 Å². The zero-order valence-electron chi connectivity index (χ0n) is 13.5. The summed E-state index contributed by atoms with van der Waals surface area (Å²) in [5, 5.41) is 19.6. The number of aliphatic hydroxyl groups excluding tert-OH is 2. The summed E-state index contributed by atoms with van der Waals surface area (Å²) in [5.74, 6) is -0.475. The summed E-state index contributed by atoms with van der Waals surface area (Å²) in [7, 11) is 0. The molecule has 0 fully saturated rings. The molecule has 22 heavy (non-hydrogen) atoms. The summed E-state index contributed by atoms with van der Waals surface area (Å²) in [4.78, 5) is 11.6. The minimum atomic E-state index is -0.940. The lowest BCUT2D eigenvalue weighted by molar-refractivity contribution is -0.157. The average Bonchev–Trinajstić information content (AvgIpc) is 2.37. The molecule has 2 N–H and O–H groups in total. The molecule has 0 aliphatic carbocycles. The second-order valence-electron chi connectivity index (χ2n) is 6.33. The Kier molecular flexibility index (Phi) is 7.51. The van der Waals surface area contributed by atoms with Gasteiger partial charge in [-0.15, -0.1) is 0 Å². The van der Waals surface area contributed by atoms with Crippen LogP contribution in [0.1, 0.15) is 39.2 Å². The standard InChI is InChI=1S/C17H26O5/c1-17(2,3)22-16(20)10-14(18)9-15(19)12-21-11-13-7-5-4-6-8-13/h4-8,14-15,18-19H,9-12H2,1-3H3/t14-,15-/m1/s1. The first kappa shape index (κ1) is 18.6. The second kappa shape index (κ2) is 8.88. The lowest BCUT2D eigenvalue weighted by atomic mass is 10.1. The van der Waals surface area contributed by atoms with Crippen LogP contribution in [0.3, 0.4) is 0 Å². The Labute approximate surface area is 131 Å². The van der Waals surface area contributed by atoms with Crippen molar-refractivity contribution in [3.63, 3.8) is 0 Å². The van der Waals surface area contributed by atoms with E-state index >= 15 is 0 Å². The Bertz CT molecular complexity index is 438. The minimum absolute atomic E-state index is 0.0774. The van der Waals surface area contributed by atoms with Crippen molar-refractivity contribution < 1.29 is 24.5 Å². The maximum Gasteiger partial charge on any atom is 0.308 e. The van der Waals surface area contributed by atoms with Crippen molar-refractivity contribution >= 4 is 5.97 Å². The first-order valence-corrected chi connectivity index (χ1v) is 7.46.